The van der Waals surface area contributed by atoms with Crippen molar-refractivity contribution >= 4 is 0 Å². The number of aliphatic hydroxyl groups is 2. The number of ether oxygens (including phenoxy) is 4. The molecule has 2 N–H and O–H groups in total. The fourth-order valence-corrected chi connectivity index (χ4v) is 1.79. The van der Waals surface area contributed by atoms with Crippen LogP contribution in [0.2, 0.25) is 0 Å². The fraction of sp³-hybridized carbons (Fsp3) is 1.00. The molecule has 104 valence electrons. The molecule has 3 rings (SSSR count). The SMILES string of the molecule is OC(O)(COCC1CO1)N(CC1CO1)CC1CO1. The van der Waals surface area contributed by atoms with Gasteiger partial charge in [-0.05, 0) is 0 Å². The number of rotatable bonds is 9. The Balaban J connectivity index is 1.47. The van der Waals surface area contributed by atoms with E-state index >= 15 is 0 Å². The van der Waals surface area contributed by atoms with E-state index in [2.05, 4.69) is 0 Å². The molecule has 7 nitrogen and oxygen atoms in total. The molecule has 0 aliphatic carbocycles. The van der Waals surface area contributed by atoms with E-state index in [1.165, 1.54) is 0 Å². The smallest absolute Gasteiger partial charge is 0.249 e. The van der Waals surface area contributed by atoms with Gasteiger partial charge in [-0.2, -0.15) is 0 Å². The quantitative estimate of drug-likeness (QED) is 0.371. The molecular formula is C11H19NO6. The molecule has 0 aromatic heterocycles. The summed E-state index contributed by atoms with van der Waals surface area (Å²) in [5.74, 6) is -1.98. The Bertz CT molecular complexity index is 273. The van der Waals surface area contributed by atoms with Crippen molar-refractivity contribution in [2.75, 3.05) is 46.1 Å². The van der Waals surface area contributed by atoms with Gasteiger partial charge < -0.3 is 29.2 Å². The highest BCUT2D eigenvalue weighted by Gasteiger charge is 2.41. The summed E-state index contributed by atoms with van der Waals surface area (Å²) in [6.45, 7) is 3.25. The van der Waals surface area contributed by atoms with Crippen molar-refractivity contribution < 1.29 is 29.2 Å². The lowest BCUT2D eigenvalue weighted by Gasteiger charge is -2.34. The maximum absolute atomic E-state index is 10.1. The zero-order valence-corrected chi connectivity index (χ0v) is 10.2. The lowest BCUT2D eigenvalue weighted by atomic mass is 10.3. The van der Waals surface area contributed by atoms with Crippen LogP contribution in [-0.4, -0.2) is 85.5 Å². The van der Waals surface area contributed by atoms with Crippen LogP contribution in [0.25, 0.3) is 0 Å². The van der Waals surface area contributed by atoms with Crippen LogP contribution in [0.15, 0.2) is 0 Å². The van der Waals surface area contributed by atoms with E-state index in [1.807, 2.05) is 0 Å². The van der Waals surface area contributed by atoms with Crippen molar-refractivity contribution in [1.29, 1.82) is 0 Å². The molecule has 0 aromatic carbocycles. The first-order chi connectivity index (χ1) is 8.63. The molecule has 3 unspecified atom stereocenters. The van der Waals surface area contributed by atoms with Gasteiger partial charge in [0.05, 0.1) is 38.6 Å². The maximum atomic E-state index is 10.1. The minimum absolute atomic E-state index is 0.0918. The second-order valence-electron chi connectivity index (χ2n) is 5.06. The Labute approximate surface area is 105 Å². The Morgan fingerprint density at radius 2 is 1.50 bits per heavy atom. The average Bonchev–Trinajstić information content (AvgIpc) is 3.11. The van der Waals surface area contributed by atoms with E-state index in [1.54, 1.807) is 4.90 Å². The van der Waals surface area contributed by atoms with Gasteiger partial charge in [0, 0.05) is 13.1 Å². The standard InChI is InChI=1S/C11H19NO6/c13-11(14,7-15-3-10-6-18-10)12(1-8-4-16-8)2-9-5-17-9/h8-10,13-14H,1-7H2. The number of nitrogens with zero attached hydrogens (tertiary/aromatic N) is 1. The minimum atomic E-state index is -1.98. The van der Waals surface area contributed by atoms with Crippen LogP contribution in [0.4, 0.5) is 0 Å². The molecule has 3 heterocycles. The van der Waals surface area contributed by atoms with Gasteiger partial charge in [0.25, 0.3) is 0 Å². The van der Waals surface area contributed by atoms with Crippen molar-refractivity contribution in [2.45, 2.75) is 24.2 Å². The Hall–Kier alpha value is -0.280. The molecule has 0 spiro atoms. The first kappa shape index (κ1) is 12.7. The van der Waals surface area contributed by atoms with Crippen molar-refractivity contribution in [1.82, 2.24) is 4.90 Å². The highest BCUT2D eigenvalue weighted by atomic mass is 16.6. The summed E-state index contributed by atoms with van der Waals surface area (Å²) in [6.07, 6.45) is 0.302. The van der Waals surface area contributed by atoms with Crippen LogP contribution >= 0.6 is 0 Å². The molecule has 3 aliphatic heterocycles. The van der Waals surface area contributed by atoms with Gasteiger partial charge in [-0.25, -0.2) is 4.90 Å². The second-order valence-corrected chi connectivity index (χ2v) is 5.06. The predicted molar refractivity (Wildman–Crippen MR) is 58.8 cm³/mol. The number of epoxide rings is 3. The molecule has 3 atom stereocenters. The third kappa shape index (κ3) is 3.86. The van der Waals surface area contributed by atoms with Gasteiger partial charge in [-0.3, -0.25) is 0 Å². The van der Waals surface area contributed by atoms with E-state index in [-0.39, 0.29) is 24.9 Å². The highest BCUT2D eigenvalue weighted by molar-refractivity contribution is 4.83. The molecule has 3 fully saturated rings. The molecule has 0 radical (unpaired) electrons. The molecule has 18 heavy (non-hydrogen) atoms. The van der Waals surface area contributed by atoms with E-state index < -0.39 is 5.91 Å². The van der Waals surface area contributed by atoms with Crippen LogP contribution in [0.3, 0.4) is 0 Å². The van der Waals surface area contributed by atoms with Crippen molar-refractivity contribution in [3.8, 4) is 0 Å². The zero-order chi connectivity index (χ0) is 12.6. The van der Waals surface area contributed by atoms with Crippen LogP contribution in [-0.2, 0) is 18.9 Å². The molecule has 0 aromatic rings. The number of hydrogen-bond donors (Lipinski definition) is 2. The largest absolute Gasteiger partial charge is 0.372 e. The van der Waals surface area contributed by atoms with E-state index in [4.69, 9.17) is 18.9 Å². The van der Waals surface area contributed by atoms with Crippen molar-refractivity contribution in [2.24, 2.45) is 0 Å². The first-order valence-electron chi connectivity index (χ1n) is 6.26. The molecule has 3 aliphatic rings. The monoisotopic (exact) mass is 261 g/mol. The van der Waals surface area contributed by atoms with E-state index in [9.17, 15) is 10.2 Å². The molecule has 0 bridgehead atoms. The number of hydrogen-bond acceptors (Lipinski definition) is 7. The van der Waals surface area contributed by atoms with E-state index in [0.29, 0.717) is 39.5 Å². The summed E-state index contributed by atoms with van der Waals surface area (Å²) in [5, 5.41) is 20.1. The predicted octanol–water partition coefficient (Wildman–Crippen LogP) is -1.86. The lowest BCUT2D eigenvalue weighted by molar-refractivity contribution is -0.289. The first-order valence-corrected chi connectivity index (χ1v) is 6.26. The summed E-state index contributed by atoms with van der Waals surface area (Å²) in [7, 11) is 0. The molecule has 3 saturated heterocycles. The maximum Gasteiger partial charge on any atom is 0.249 e. The normalized spacial score (nSPS) is 33.8. The topological polar surface area (TPSA) is 90.5 Å². The van der Waals surface area contributed by atoms with Crippen molar-refractivity contribution in [3.05, 3.63) is 0 Å². The van der Waals surface area contributed by atoms with Gasteiger partial charge in [0.15, 0.2) is 0 Å². The van der Waals surface area contributed by atoms with Gasteiger partial charge in [-0.15, -0.1) is 0 Å². The van der Waals surface area contributed by atoms with Crippen LogP contribution in [0.5, 0.6) is 0 Å². The van der Waals surface area contributed by atoms with Gasteiger partial charge in [0.2, 0.25) is 5.91 Å². The Kier molecular flexibility index (Phi) is 3.55. The van der Waals surface area contributed by atoms with Crippen LogP contribution in [0.1, 0.15) is 0 Å². The summed E-state index contributed by atoms with van der Waals surface area (Å²) < 4.78 is 20.5. The van der Waals surface area contributed by atoms with Gasteiger partial charge in [0.1, 0.15) is 12.7 Å². The molecule has 0 amide bonds. The average molecular weight is 261 g/mol. The Morgan fingerprint density at radius 1 is 1.00 bits per heavy atom. The summed E-state index contributed by atoms with van der Waals surface area (Å²) >= 11 is 0. The highest BCUT2D eigenvalue weighted by Crippen LogP contribution is 2.21. The molecule has 7 heteroatoms. The zero-order valence-electron chi connectivity index (χ0n) is 10.2. The summed E-state index contributed by atoms with van der Waals surface area (Å²) in [6, 6.07) is 0. The Morgan fingerprint density at radius 3 is 1.94 bits per heavy atom. The molecular weight excluding hydrogens is 242 g/mol. The summed E-state index contributed by atoms with van der Waals surface area (Å²) in [4.78, 5) is 1.55. The third-order valence-corrected chi connectivity index (χ3v) is 3.16. The van der Waals surface area contributed by atoms with Crippen LogP contribution in [0, 0.1) is 0 Å². The molecule has 0 saturated carbocycles. The van der Waals surface area contributed by atoms with Crippen LogP contribution < -0.4 is 0 Å². The second kappa shape index (κ2) is 5.01. The fourth-order valence-electron chi connectivity index (χ4n) is 1.79. The van der Waals surface area contributed by atoms with Gasteiger partial charge in [-0.1, -0.05) is 0 Å². The van der Waals surface area contributed by atoms with Gasteiger partial charge >= 0.3 is 0 Å². The third-order valence-electron chi connectivity index (χ3n) is 3.16. The lowest BCUT2D eigenvalue weighted by Crippen LogP contribution is -2.55. The van der Waals surface area contributed by atoms with Crippen molar-refractivity contribution in [3.63, 3.8) is 0 Å². The minimum Gasteiger partial charge on any atom is -0.372 e. The van der Waals surface area contributed by atoms with E-state index in [0.717, 1.165) is 0 Å². The summed E-state index contributed by atoms with van der Waals surface area (Å²) in [5.41, 5.74) is 0.